The van der Waals surface area contributed by atoms with Crippen molar-refractivity contribution in [2.24, 2.45) is 5.92 Å². The predicted octanol–water partition coefficient (Wildman–Crippen LogP) is 3.36. The van der Waals surface area contributed by atoms with E-state index in [1.165, 1.54) is 30.2 Å². The second kappa shape index (κ2) is 7.23. The molecule has 1 aliphatic heterocycles. The van der Waals surface area contributed by atoms with Gasteiger partial charge in [0.1, 0.15) is 11.3 Å². The Kier molecular flexibility index (Phi) is 4.65. The summed E-state index contributed by atoms with van der Waals surface area (Å²) in [5, 5.41) is 1.19. The minimum Gasteiger partial charge on any atom is -0.464 e. The molecule has 0 unspecified atom stereocenters. The van der Waals surface area contributed by atoms with Gasteiger partial charge in [0.05, 0.1) is 6.26 Å². The van der Waals surface area contributed by atoms with Crippen LogP contribution in [0.1, 0.15) is 30.5 Å². The number of nitrogens with one attached hydrogen (secondary N) is 1. The summed E-state index contributed by atoms with van der Waals surface area (Å²) in [6.07, 6.45) is 9.62. The van der Waals surface area contributed by atoms with Crippen molar-refractivity contribution in [3.8, 4) is 0 Å². The molecule has 4 rings (SSSR count). The minimum atomic E-state index is -0.0730. The van der Waals surface area contributed by atoms with E-state index in [0.29, 0.717) is 12.2 Å². The molecule has 0 atom stereocenters. The van der Waals surface area contributed by atoms with Gasteiger partial charge in [-0.25, -0.2) is 0 Å². The number of fused-ring (bicyclic) bond motifs is 1. The van der Waals surface area contributed by atoms with Crippen molar-refractivity contribution in [3.05, 3.63) is 64.5 Å². The highest BCUT2D eigenvalue weighted by atomic mass is 16.3. The van der Waals surface area contributed by atoms with Crippen LogP contribution >= 0.6 is 0 Å². The molecule has 0 spiro atoms. The topological polar surface area (TPSA) is 62.1 Å². The molecule has 0 radical (unpaired) electrons. The summed E-state index contributed by atoms with van der Waals surface area (Å²) < 4.78 is 5.64. The smallest absolute Gasteiger partial charge is 0.270 e. The molecule has 2 aromatic heterocycles. The monoisotopic (exact) mass is 337 g/mol. The number of furan rings is 1. The maximum Gasteiger partial charge on any atom is 0.270 e. The lowest BCUT2D eigenvalue weighted by Gasteiger charge is -2.31. The first-order chi connectivity index (χ1) is 12.3. The van der Waals surface area contributed by atoms with Crippen molar-refractivity contribution in [2.75, 3.05) is 13.1 Å². The lowest BCUT2D eigenvalue weighted by Crippen LogP contribution is -2.35. The summed E-state index contributed by atoms with van der Waals surface area (Å²) in [5.74, 6) is 0.739. The number of piperidine rings is 1. The fraction of sp³-hybridized carbons (Fsp3) is 0.400. The van der Waals surface area contributed by atoms with Crippen molar-refractivity contribution in [2.45, 2.75) is 32.2 Å². The van der Waals surface area contributed by atoms with Gasteiger partial charge < -0.3 is 9.40 Å². The zero-order valence-electron chi connectivity index (χ0n) is 14.3. The standard InChI is InChI=1S/C20H23N3O2/c24-20-18(21-9-10-22-20)14-23-11-6-15(7-12-23)4-5-16-2-1-3-17-8-13-25-19(16)17/h1-3,8-10,13,15H,4-7,11-12,14H2,(H,22,24). The molecular weight excluding hydrogens is 314 g/mol. The van der Waals surface area contributed by atoms with Crippen molar-refractivity contribution >= 4 is 11.0 Å². The normalized spacial score (nSPS) is 16.5. The van der Waals surface area contributed by atoms with Gasteiger partial charge in [0.15, 0.2) is 0 Å². The highest BCUT2D eigenvalue weighted by molar-refractivity contribution is 5.80. The summed E-state index contributed by atoms with van der Waals surface area (Å²) >= 11 is 0. The number of benzene rings is 1. The maximum atomic E-state index is 11.7. The molecule has 3 heterocycles. The molecule has 5 heteroatoms. The first-order valence-corrected chi connectivity index (χ1v) is 8.99. The molecule has 5 nitrogen and oxygen atoms in total. The highest BCUT2D eigenvalue weighted by Crippen LogP contribution is 2.26. The van der Waals surface area contributed by atoms with Gasteiger partial charge in [-0.15, -0.1) is 0 Å². The van der Waals surface area contributed by atoms with Crippen molar-refractivity contribution in [1.82, 2.24) is 14.9 Å². The Morgan fingerprint density at radius 1 is 1.24 bits per heavy atom. The van der Waals surface area contributed by atoms with Crippen LogP contribution in [-0.2, 0) is 13.0 Å². The fourth-order valence-electron chi connectivity index (χ4n) is 3.75. The number of aromatic nitrogens is 2. The van der Waals surface area contributed by atoms with Gasteiger partial charge in [-0.3, -0.25) is 14.7 Å². The van der Waals surface area contributed by atoms with Crippen LogP contribution in [-0.4, -0.2) is 28.0 Å². The average Bonchev–Trinajstić information content (AvgIpc) is 3.12. The van der Waals surface area contributed by atoms with Crippen LogP contribution in [0.2, 0.25) is 0 Å². The Labute approximate surface area is 146 Å². The molecule has 0 aliphatic carbocycles. The number of likely N-dealkylation sites (tertiary alicyclic amines) is 1. The number of hydrogen-bond acceptors (Lipinski definition) is 4. The lowest BCUT2D eigenvalue weighted by molar-refractivity contribution is 0.170. The van der Waals surface area contributed by atoms with Crippen molar-refractivity contribution in [3.63, 3.8) is 0 Å². The summed E-state index contributed by atoms with van der Waals surface area (Å²) in [7, 11) is 0. The molecule has 130 valence electrons. The average molecular weight is 337 g/mol. The van der Waals surface area contributed by atoms with E-state index in [4.69, 9.17) is 4.42 Å². The molecule has 0 bridgehead atoms. The summed E-state index contributed by atoms with van der Waals surface area (Å²) in [4.78, 5) is 21.0. The molecule has 0 saturated carbocycles. The lowest BCUT2D eigenvalue weighted by atomic mass is 9.90. The number of rotatable bonds is 5. The molecule has 1 N–H and O–H groups in total. The second-order valence-corrected chi connectivity index (χ2v) is 6.88. The van der Waals surface area contributed by atoms with Crippen LogP contribution in [0.15, 0.2) is 52.1 Å². The van der Waals surface area contributed by atoms with E-state index < -0.39 is 0 Å². The molecule has 1 aliphatic rings. The van der Waals surface area contributed by atoms with Crippen molar-refractivity contribution in [1.29, 1.82) is 0 Å². The van der Waals surface area contributed by atoms with Gasteiger partial charge in [-0.1, -0.05) is 18.2 Å². The van der Waals surface area contributed by atoms with E-state index >= 15 is 0 Å². The Morgan fingerprint density at radius 3 is 2.96 bits per heavy atom. The van der Waals surface area contributed by atoms with Gasteiger partial charge in [0.25, 0.3) is 5.56 Å². The third kappa shape index (κ3) is 3.66. The fourth-order valence-corrected chi connectivity index (χ4v) is 3.75. The van der Waals surface area contributed by atoms with E-state index in [9.17, 15) is 4.79 Å². The third-order valence-electron chi connectivity index (χ3n) is 5.24. The number of hydrogen-bond donors (Lipinski definition) is 1. The Balaban J connectivity index is 1.30. The van der Waals surface area contributed by atoms with Crippen LogP contribution in [0.25, 0.3) is 11.0 Å². The van der Waals surface area contributed by atoms with E-state index in [0.717, 1.165) is 31.0 Å². The van der Waals surface area contributed by atoms with Crippen LogP contribution in [0.4, 0.5) is 0 Å². The predicted molar refractivity (Wildman–Crippen MR) is 97.4 cm³/mol. The number of para-hydroxylation sites is 1. The Bertz CT molecular complexity index is 891. The number of aryl methyl sites for hydroxylation is 1. The summed E-state index contributed by atoms with van der Waals surface area (Å²) in [6.45, 7) is 2.71. The van der Waals surface area contributed by atoms with E-state index in [1.54, 1.807) is 18.7 Å². The van der Waals surface area contributed by atoms with Crippen LogP contribution < -0.4 is 5.56 Å². The zero-order chi connectivity index (χ0) is 17.1. The summed E-state index contributed by atoms with van der Waals surface area (Å²) in [6, 6.07) is 8.41. The molecule has 1 saturated heterocycles. The minimum absolute atomic E-state index is 0.0730. The molecule has 1 fully saturated rings. The maximum absolute atomic E-state index is 11.7. The van der Waals surface area contributed by atoms with Gasteiger partial charge in [-0.2, -0.15) is 0 Å². The molecule has 3 aromatic rings. The summed E-state index contributed by atoms with van der Waals surface area (Å²) in [5.41, 5.74) is 2.89. The number of H-pyrrole nitrogens is 1. The van der Waals surface area contributed by atoms with Gasteiger partial charge in [0.2, 0.25) is 0 Å². The first kappa shape index (κ1) is 16.1. The van der Waals surface area contributed by atoms with E-state index in [1.807, 2.05) is 6.07 Å². The first-order valence-electron chi connectivity index (χ1n) is 8.99. The second-order valence-electron chi connectivity index (χ2n) is 6.88. The molecule has 25 heavy (non-hydrogen) atoms. The van der Waals surface area contributed by atoms with Crippen LogP contribution in [0.3, 0.4) is 0 Å². The van der Waals surface area contributed by atoms with Gasteiger partial charge >= 0.3 is 0 Å². The Morgan fingerprint density at radius 2 is 2.12 bits per heavy atom. The van der Waals surface area contributed by atoms with Crippen LogP contribution in [0.5, 0.6) is 0 Å². The van der Waals surface area contributed by atoms with Gasteiger partial charge in [-0.05, 0) is 56.3 Å². The van der Waals surface area contributed by atoms with E-state index in [-0.39, 0.29) is 5.56 Å². The Hall–Kier alpha value is -2.40. The number of aromatic amines is 1. The van der Waals surface area contributed by atoms with Crippen LogP contribution in [0, 0.1) is 5.92 Å². The largest absolute Gasteiger partial charge is 0.464 e. The highest BCUT2D eigenvalue weighted by Gasteiger charge is 2.20. The zero-order valence-corrected chi connectivity index (χ0v) is 14.3. The molecule has 1 aromatic carbocycles. The third-order valence-corrected chi connectivity index (χ3v) is 5.24. The molecular formula is C20H23N3O2. The quantitative estimate of drug-likeness (QED) is 0.775. The molecule has 0 amide bonds. The van der Waals surface area contributed by atoms with Crippen molar-refractivity contribution < 1.29 is 4.42 Å². The number of nitrogens with zero attached hydrogens (tertiary/aromatic N) is 2. The SMILES string of the molecule is O=c1[nH]ccnc1CN1CCC(CCc2cccc3ccoc23)CC1. The van der Waals surface area contributed by atoms with Gasteiger partial charge in [0, 0.05) is 24.3 Å². The van der Waals surface area contributed by atoms with E-state index in [2.05, 4.69) is 33.1 Å².